The van der Waals surface area contributed by atoms with E-state index in [4.69, 9.17) is 18.8 Å². The van der Waals surface area contributed by atoms with Crippen LogP contribution in [0.25, 0.3) is 5.52 Å². The Morgan fingerprint density at radius 1 is 1.26 bits per heavy atom. The molecule has 9 nitrogen and oxygen atoms in total. The first-order valence-electron chi connectivity index (χ1n) is 11.2. The highest BCUT2D eigenvalue weighted by molar-refractivity contribution is 6.64. The van der Waals surface area contributed by atoms with Crippen LogP contribution in [0.15, 0.2) is 18.5 Å². The van der Waals surface area contributed by atoms with E-state index in [0.717, 1.165) is 0 Å². The van der Waals surface area contributed by atoms with Gasteiger partial charge in [-0.3, -0.25) is 0 Å². The summed E-state index contributed by atoms with van der Waals surface area (Å²) in [6, 6.07) is 3.82. The molecule has 2 aromatic rings. The van der Waals surface area contributed by atoms with Gasteiger partial charge in [0.25, 0.3) is 0 Å². The normalized spacial score (nSPS) is 20.7. The van der Waals surface area contributed by atoms with Crippen LogP contribution in [-0.2, 0) is 14.0 Å². The van der Waals surface area contributed by atoms with E-state index in [-0.39, 0.29) is 19.7 Å². The fraction of sp³-hybridized carbons (Fsp3) is 0.609. The summed E-state index contributed by atoms with van der Waals surface area (Å²) in [7, 11) is -0.759. The molecule has 11 heteroatoms. The molecule has 0 radical (unpaired) electrons. The Bertz CT molecular complexity index is 1140. The molecule has 2 aromatic heterocycles. The summed E-state index contributed by atoms with van der Waals surface area (Å²) < 4.78 is 40.1. The number of carbonyl (C=O) groups is 1. The standard InChI is InChI=1S/C23H30BFN4O5/c1-20(2,3)32-19(30)28-12-23(25,13-28)14-31-16-8-17(18-15(9-26)10-27-29(18)11-16)24-33-21(4,5)22(6,7)34-24/h8,10-11H,12-14H2,1-7H3. The monoisotopic (exact) mass is 472 g/mol. The number of amides is 1. The van der Waals surface area contributed by atoms with Gasteiger partial charge >= 0.3 is 13.2 Å². The lowest BCUT2D eigenvalue weighted by Gasteiger charge is -2.43. The largest absolute Gasteiger partial charge is 0.497 e. The van der Waals surface area contributed by atoms with E-state index in [1.807, 2.05) is 27.7 Å². The number of aromatic nitrogens is 2. The van der Waals surface area contributed by atoms with E-state index in [0.29, 0.717) is 22.3 Å². The molecule has 1 amide bonds. The minimum Gasteiger partial charge on any atom is -0.489 e. The third-order valence-corrected chi connectivity index (χ3v) is 6.34. The summed E-state index contributed by atoms with van der Waals surface area (Å²) in [6.45, 7) is 12.5. The maximum Gasteiger partial charge on any atom is 0.497 e. The fourth-order valence-corrected chi connectivity index (χ4v) is 3.84. The molecule has 182 valence electrons. The molecule has 0 unspecified atom stereocenters. The van der Waals surface area contributed by atoms with Crippen molar-refractivity contribution in [2.75, 3.05) is 19.7 Å². The van der Waals surface area contributed by atoms with Gasteiger partial charge in [0, 0.05) is 5.46 Å². The minimum atomic E-state index is -1.70. The van der Waals surface area contributed by atoms with Crippen molar-refractivity contribution in [2.24, 2.45) is 0 Å². The smallest absolute Gasteiger partial charge is 0.489 e. The Morgan fingerprint density at radius 3 is 2.44 bits per heavy atom. The second kappa shape index (κ2) is 7.85. The summed E-state index contributed by atoms with van der Waals surface area (Å²) in [6.07, 6.45) is 2.49. The lowest BCUT2D eigenvalue weighted by atomic mass is 9.78. The highest BCUT2D eigenvalue weighted by Gasteiger charge is 2.53. The highest BCUT2D eigenvalue weighted by atomic mass is 19.1. The molecule has 0 saturated carbocycles. The molecule has 4 heterocycles. The fourth-order valence-electron chi connectivity index (χ4n) is 3.84. The highest BCUT2D eigenvalue weighted by Crippen LogP contribution is 2.37. The number of pyridine rings is 1. The number of fused-ring (bicyclic) bond motifs is 1. The predicted octanol–water partition coefficient (Wildman–Crippen LogP) is 2.84. The molecule has 2 saturated heterocycles. The second-order valence-electron chi connectivity index (χ2n) is 11.0. The number of nitrogens with zero attached hydrogens (tertiary/aromatic N) is 4. The van der Waals surface area contributed by atoms with Crippen molar-refractivity contribution in [3.05, 3.63) is 24.0 Å². The lowest BCUT2D eigenvalue weighted by molar-refractivity contribution is -0.0686. The van der Waals surface area contributed by atoms with Crippen molar-refractivity contribution in [1.29, 1.82) is 5.26 Å². The zero-order valence-corrected chi connectivity index (χ0v) is 20.6. The van der Waals surface area contributed by atoms with Gasteiger partial charge in [0.1, 0.15) is 24.0 Å². The summed E-state index contributed by atoms with van der Waals surface area (Å²) in [4.78, 5) is 13.4. The third kappa shape index (κ3) is 4.44. The van der Waals surface area contributed by atoms with Crippen LogP contribution in [0, 0.1) is 11.3 Å². The number of halogens is 1. The van der Waals surface area contributed by atoms with Crippen molar-refractivity contribution in [1.82, 2.24) is 14.5 Å². The average molecular weight is 472 g/mol. The average Bonchev–Trinajstić information content (AvgIpc) is 3.19. The lowest BCUT2D eigenvalue weighted by Crippen LogP contribution is -2.64. The van der Waals surface area contributed by atoms with Crippen LogP contribution >= 0.6 is 0 Å². The third-order valence-electron chi connectivity index (χ3n) is 6.34. The van der Waals surface area contributed by atoms with E-state index in [1.54, 1.807) is 33.0 Å². The zero-order valence-electron chi connectivity index (χ0n) is 20.6. The summed E-state index contributed by atoms with van der Waals surface area (Å²) >= 11 is 0. The van der Waals surface area contributed by atoms with Crippen molar-refractivity contribution >= 4 is 24.2 Å². The first-order chi connectivity index (χ1) is 15.6. The number of carbonyl (C=O) groups excluding carboxylic acids is 1. The molecular formula is C23H30BFN4O5. The van der Waals surface area contributed by atoms with Gasteiger partial charge in [0.2, 0.25) is 0 Å². The molecule has 0 spiro atoms. The van der Waals surface area contributed by atoms with Gasteiger partial charge in [0.15, 0.2) is 5.67 Å². The van der Waals surface area contributed by atoms with Crippen LogP contribution < -0.4 is 10.2 Å². The van der Waals surface area contributed by atoms with E-state index < -0.39 is 35.7 Å². The summed E-state index contributed by atoms with van der Waals surface area (Å²) in [5.41, 5.74) is -2.03. The molecular weight excluding hydrogens is 442 g/mol. The summed E-state index contributed by atoms with van der Waals surface area (Å²) in [5.74, 6) is 0.345. The minimum absolute atomic E-state index is 0.116. The van der Waals surface area contributed by atoms with Crippen LogP contribution in [0.3, 0.4) is 0 Å². The molecule has 2 aliphatic rings. The topological polar surface area (TPSA) is 98.3 Å². The first-order valence-corrected chi connectivity index (χ1v) is 11.2. The number of likely N-dealkylation sites (tertiary alicyclic amines) is 1. The SMILES string of the molecule is CC(C)(C)OC(=O)N1CC(F)(COc2cc(B3OC(C)(C)C(C)(C)O3)c3c(C#N)cnn3c2)C1. The van der Waals surface area contributed by atoms with Crippen molar-refractivity contribution in [3.63, 3.8) is 0 Å². The van der Waals surface area contributed by atoms with Crippen LogP contribution in [0.4, 0.5) is 9.18 Å². The summed E-state index contributed by atoms with van der Waals surface area (Å²) in [5, 5.41) is 13.8. The Kier molecular flexibility index (Phi) is 5.61. The first kappa shape index (κ1) is 24.3. The van der Waals surface area contributed by atoms with E-state index in [2.05, 4.69) is 11.2 Å². The van der Waals surface area contributed by atoms with Crippen molar-refractivity contribution in [2.45, 2.75) is 70.9 Å². The van der Waals surface area contributed by atoms with Crippen LogP contribution in [0.2, 0.25) is 0 Å². The van der Waals surface area contributed by atoms with E-state index in [1.165, 1.54) is 15.6 Å². The number of nitriles is 1. The maximum absolute atomic E-state index is 15.1. The van der Waals surface area contributed by atoms with Gasteiger partial charge in [-0.1, -0.05) is 0 Å². The Hall–Kier alpha value is -2.84. The Labute approximate surface area is 198 Å². The molecule has 0 atom stereocenters. The molecule has 2 fully saturated rings. The maximum atomic E-state index is 15.1. The Balaban J connectivity index is 1.53. The van der Waals surface area contributed by atoms with Gasteiger partial charge in [-0.2, -0.15) is 10.4 Å². The van der Waals surface area contributed by atoms with Gasteiger partial charge in [0.05, 0.1) is 47.8 Å². The number of ether oxygens (including phenoxy) is 2. The zero-order chi connectivity index (χ0) is 25.1. The molecule has 0 aliphatic carbocycles. The number of alkyl halides is 1. The Morgan fingerprint density at radius 2 is 1.88 bits per heavy atom. The quantitative estimate of drug-likeness (QED) is 0.632. The molecule has 34 heavy (non-hydrogen) atoms. The predicted molar refractivity (Wildman–Crippen MR) is 123 cm³/mol. The molecule has 0 bridgehead atoms. The molecule has 4 rings (SSSR count). The number of rotatable bonds is 4. The number of hydrogen-bond acceptors (Lipinski definition) is 7. The van der Waals surface area contributed by atoms with Gasteiger partial charge < -0.3 is 23.7 Å². The van der Waals surface area contributed by atoms with Crippen molar-refractivity contribution < 1.29 is 28.0 Å². The van der Waals surface area contributed by atoms with Gasteiger partial charge in [-0.05, 0) is 54.5 Å². The molecule has 0 aromatic carbocycles. The van der Waals surface area contributed by atoms with Crippen LogP contribution in [0.1, 0.15) is 54.0 Å². The van der Waals surface area contributed by atoms with Crippen molar-refractivity contribution in [3.8, 4) is 11.8 Å². The van der Waals surface area contributed by atoms with Gasteiger partial charge in [-0.15, -0.1) is 0 Å². The van der Waals surface area contributed by atoms with E-state index in [9.17, 15) is 10.1 Å². The van der Waals surface area contributed by atoms with Crippen LogP contribution in [0.5, 0.6) is 5.75 Å². The molecule has 0 N–H and O–H groups in total. The number of hydrogen-bond donors (Lipinski definition) is 0. The van der Waals surface area contributed by atoms with Gasteiger partial charge in [-0.25, -0.2) is 13.7 Å². The van der Waals surface area contributed by atoms with E-state index >= 15 is 4.39 Å². The van der Waals surface area contributed by atoms with Crippen LogP contribution in [-0.4, -0.2) is 69.9 Å². The molecule has 2 aliphatic heterocycles. The second-order valence-corrected chi connectivity index (χ2v) is 11.0.